The molecule has 0 fully saturated rings. The van der Waals surface area contributed by atoms with E-state index in [1.807, 2.05) is 18.4 Å². The molecule has 0 atom stereocenters. The molecule has 0 unspecified atom stereocenters. The van der Waals surface area contributed by atoms with Gasteiger partial charge in [0.25, 0.3) is 11.5 Å². The zero-order chi connectivity index (χ0) is 16.4. The first-order valence-electron chi connectivity index (χ1n) is 7.32. The van der Waals surface area contributed by atoms with E-state index in [0.29, 0.717) is 23.9 Å². The van der Waals surface area contributed by atoms with Crippen molar-refractivity contribution in [2.24, 2.45) is 0 Å². The number of imidazole rings is 1. The Morgan fingerprint density at radius 1 is 1.26 bits per heavy atom. The number of H-pyrrole nitrogens is 1. The van der Waals surface area contributed by atoms with Gasteiger partial charge < -0.3 is 9.88 Å². The number of benzene rings is 1. The zero-order valence-electron chi connectivity index (χ0n) is 13.0. The van der Waals surface area contributed by atoms with Crippen molar-refractivity contribution in [2.45, 2.75) is 20.4 Å². The molecule has 1 amide bonds. The molecule has 3 rings (SSSR count). The monoisotopic (exact) mass is 311 g/mol. The van der Waals surface area contributed by atoms with Crippen molar-refractivity contribution in [3.63, 3.8) is 0 Å². The zero-order valence-corrected chi connectivity index (χ0v) is 13.0. The maximum absolute atomic E-state index is 12.3. The van der Waals surface area contributed by atoms with Gasteiger partial charge in [0, 0.05) is 30.4 Å². The van der Waals surface area contributed by atoms with E-state index >= 15 is 0 Å². The fourth-order valence-corrected chi connectivity index (χ4v) is 2.57. The van der Waals surface area contributed by atoms with Crippen LogP contribution in [0.1, 0.15) is 22.0 Å². The van der Waals surface area contributed by atoms with E-state index in [1.165, 1.54) is 0 Å². The Labute approximate surface area is 132 Å². The lowest BCUT2D eigenvalue weighted by Crippen LogP contribution is -2.29. The number of carbonyl (C=O) groups is 1. The Balaban J connectivity index is 1.77. The molecule has 7 nitrogen and oxygen atoms in total. The molecule has 0 bridgehead atoms. The van der Waals surface area contributed by atoms with Crippen molar-refractivity contribution < 1.29 is 4.79 Å². The Morgan fingerprint density at radius 2 is 2.00 bits per heavy atom. The second kappa shape index (κ2) is 6.04. The van der Waals surface area contributed by atoms with Crippen LogP contribution in [-0.2, 0) is 6.54 Å². The first-order valence-corrected chi connectivity index (χ1v) is 7.32. The van der Waals surface area contributed by atoms with Crippen LogP contribution in [0.4, 0.5) is 0 Å². The van der Waals surface area contributed by atoms with Gasteiger partial charge in [-0.3, -0.25) is 9.59 Å². The molecule has 2 N–H and O–H groups in total. The topological polar surface area (TPSA) is 92.7 Å². The highest BCUT2D eigenvalue weighted by molar-refractivity contribution is 6.04. The third-order valence-corrected chi connectivity index (χ3v) is 3.79. The molecular formula is C16H17N5O2. The van der Waals surface area contributed by atoms with E-state index < -0.39 is 0 Å². The number of nitrogens with zero attached hydrogens (tertiary/aromatic N) is 3. The fraction of sp³-hybridized carbons (Fsp3) is 0.250. The maximum Gasteiger partial charge on any atom is 0.272 e. The van der Waals surface area contributed by atoms with E-state index in [9.17, 15) is 9.59 Å². The first-order chi connectivity index (χ1) is 11.1. The summed E-state index contributed by atoms with van der Waals surface area (Å²) in [6.45, 7) is 4.97. The Hall–Kier alpha value is -2.96. The van der Waals surface area contributed by atoms with Crippen LogP contribution in [0, 0.1) is 13.8 Å². The van der Waals surface area contributed by atoms with E-state index in [0.717, 1.165) is 11.5 Å². The Bertz CT molecular complexity index is 906. The second-order valence-electron chi connectivity index (χ2n) is 5.30. The van der Waals surface area contributed by atoms with Gasteiger partial charge in [0.05, 0.1) is 5.39 Å². The van der Waals surface area contributed by atoms with Crippen LogP contribution >= 0.6 is 0 Å². The van der Waals surface area contributed by atoms with Crippen molar-refractivity contribution in [1.82, 2.24) is 25.1 Å². The molecule has 1 aromatic carbocycles. The van der Waals surface area contributed by atoms with E-state index in [2.05, 4.69) is 20.5 Å². The first kappa shape index (κ1) is 15.0. The summed E-state index contributed by atoms with van der Waals surface area (Å²) < 4.78 is 2.03. The number of carbonyl (C=O) groups excluding carboxylic acids is 1. The number of aromatic amines is 1. The Kier molecular flexibility index (Phi) is 3.92. The summed E-state index contributed by atoms with van der Waals surface area (Å²) in [7, 11) is 0. The van der Waals surface area contributed by atoms with Gasteiger partial charge in [-0.25, -0.2) is 10.1 Å². The summed E-state index contributed by atoms with van der Waals surface area (Å²) in [5.74, 6) is 0.595. The van der Waals surface area contributed by atoms with Gasteiger partial charge in [0.1, 0.15) is 5.82 Å². The predicted molar refractivity (Wildman–Crippen MR) is 86.4 cm³/mol. The molecule has 0 saturated heterocycles. The number of hydrogen-bond acceptors (Lipinski definition) is 4. The van der Waals surface area contributed by atoms with Crippen molar-refractivity contribution in [3.8, 4) is 0 Å². The Morgan fingerprint density at radius 3 is 2.70 bits per heavy atom. The van der Waals surface area contributed by atoms with Crippen LogP contribution in [0.15, 0.2) is 35.3 Å². The minimum Gasteiger partial charge on any atom is -0.349 e. The minimum absolute atomic E-state index is 0.222. The molecule has 0 radical (unpaired) electrons. The normalized spacial score (nSPS) is 10.9. The van der Waals surface area contributed by atoms with Crippen molar-refractivity contribution in [3.05, 3.63) is 58.0 Å². The SMILES string of the molecule is Cc1cnc(C)n1CCNC(=O)c1n[nH]c(=O)c2ccccc12. The van der Waals surface area contributed by atoms with Gasteiger partial charge in [0.15, 0.2) is 5.69 Å². The molecule has 0 spiro atoms. The van der Waals surface area contributed by atoms with Crippen LogP contribution in [0.5, 0.6) is 0 Å². The molecule has 3 aromatic rings. The lowest BCUT2D eigenvalue weighted by Gasteiger charge is -2.09. The summed E-state index contributed by atoms with van der Waals surface area (Å²) in [5.41, 5.74) is 0.963. The van der Waals surface area contributed by atoms with Gasteiger partial charge >= 0.3 is 0 Å². The summed E-state index contributed by atoms with van der Waals surface area (Å²) >= 11 is 0. The van der Waals surface area contributed by atoms with E-state index in [1.54, 1.807) is 30.5 Å². The lowest BCUT2D eigenvalue weighted by atomic mass is 10.1. The number of amides is 1. The van der Waals surface area contributed by atoms with Gasteiger partial charge in [-0.1, -0.05) is 18.2 Å². The van der Waals surface area contributed by atoms with E-state index in [4.69, 9.17) is 0 Å². The third kappa shape index (κ3) is 2.85. The van der Waals surface area contributed by atoms with Gasteiger partial charge in [0.2, 0.25) is 0 Å². The highest BCUT2D eigenvalue weighted by Crippen LogP contribution is 2.12. The molecule has 0 aliphatic rings. The molecule has 0 aliphatic carbocycles. The molecule has 118 valence electrons. The number of rotatable bonds is 4. The minimum atomic E-state index is -0.312. The molecule has 7 heteroatoms. The second-order valence-corrected chi connectivity index (χ2v) is 5.30. The summed E-state index contributed by atoms with van der Waals surface area (Å²) in [6.07, 6.45) is 1.80. The molecule has 0 saturated carbocycles. The van der Waals surface area contributed by atoms with Crippen molar-refractivity contribution >= 4 is 16.7 Å². The smallest absolute Gasteiger partial charge is 0.272 e. The number of hydrogen-bond donors (Lipinski definition) is 2. The molecule has 2 aromatic heterocycles. The quantitative estimate of drug-likeness (QED) is 0.756. The molecule has 2 heterocycles. The third-order valence-electron chi connectivity index (χ3n) is 3.79. The predicted octanol–water partition coefficient (Wildman–Crippen LogP) is 1.17. The van der Waals surface area contributed by atoms with Gasteiger partial charge in [-0.05, 0) is 19.9 Å². The van der Waals surface area contributed by atoms with Crippen LogP contribution < -0.4 is 10.9 Å². The van der Waals surface area contributed by atoms with Crippen LogP contribution in [0.2, 0.25) is 0 Å². The maximum atomic E-state index is 12.3. The number of nitrogens with one attached hydrogen (secondary N) is 2. The van der Waals surface area contributed by atoms with Crippen LogP contribution in [0.3, 0.4) is 0 Å². The highest BCUT2D eigenvalue weighted by atomic mass is 16.2. The summed E-state index contributed by atoms with van der Waals surface area (Å²) in [5, 5.41) is 10.1. The van der Waals surface area contributed by atoms with E-state index in [-0.39, 0.29) is 17.2 Å². The van der Waals surface area contributed by atoms with Gasteiger partial charge in [-0.15, -0.1) is 0 Å². The molecule has 0 aliphatic heterocycles. The number of aryl methyl sites for hydroxylation is 2. The average Bonchev–Trinajstić information content (AvgIpc) is 2.87. The summed E-state index contributed by atoms with van der Waals surface area (Å²) in [6, 6.07) is 6.92. The highest BCUT2D eigenvalue weighted by Gasteiger charge is 2.13. The fourth-order valence-electron chi connectivity index (χ4n) is 2.57. The number of aromatic nitrogens is 4. The van der Waals surface area contributed by atoms with Crippen molar-refractivity contribution in [1.29, 1.82) is 0 Å². The largest absolute Gasteiger partial charge is 0.349 e. The summed E-state index contributed by atoms with van der Waals surface area (Å²) in [4.78, 5) is 28.3. The number of fused-ring (bicyclic) bond motifs is 1. The van der Waals surface area contributed by atoms with Crippen LogP contribution in [-0.4, -0.2) is 32.2 Å². The lowest BCUT2D eigenvalue weighted by molar-refractivity contribution is 0.0948. The van der Waals surface area contributed by atoms with Gasteiger partial charge in [-0.2, -0.15) is 5.10 Å². The average molecular weight is 311 g/mol. The van der Waals surface area contributed by atoms with Crippen molar-refractivity contribution in [2.75, 3.05) is 6.54 Å². The molecular weight excluding hydrogens is 294 g/mol. The molecule has 23 heavy (non-hydrogen) atoms. The standard InChI is InChI=1S/C16H17N5O2/c1-10-9-18-11(2)21(10)8-7-17-16(23)14-12-5-3-4-6-13(12)15(22)20-19-14/h3-6,9H,7-8H2,1-2H3,(H,17,23)(H,20,22). The van der Waals surface area contributed by atoms with Crippen LogP contribution in [0.25, 0.3) is 10.8 Å².